The Bertz CT molecular complexity index is 299. The average Bonchev–Trinajstić information content (AvgIpc) is 2.14. The molecule has 0 fully saturated rings. The zero-order valence-corrected chi connectivity index (χ0v) is 8.87. The van der Waals surface area contributed by atoms with Crippen molar-refractivity contribution in [2.24, 2.45) is 0 Å². The summed E-state index contributed by atoms with van der Waals surface area (Å²) >= 11 is 0. The number of hydroxylamine groups is 1. The van der Waals surface area contributed by atoms with E-state index < -0.39 is 0 Å². The summed E-state index contributed by atoms with van der Waals surface area (Å²) in [6, 6.07) is 5.62. The predicted octanol–water partition coefficient (Wildman–Crippen LogP) is 2.30. The van der Waals surface area contributed by atoms with Crippen LogP contribution >= 0.6 is 0 Å². The highest BCUT2D eigenvalue weighted by molar-refractivity contribution is 5.37. The molecule has 1 rings (SSSR count). The second-order valence-electron chi connectivity index (χ2n) is 3.33. The van der Waals surface area contributed by atoms with Crippen LogP contribution in [0.2, 0.25) is 0 Å². The van der Waals surface area contributed by atoms with Gasteiger partial charge >= 0.3 is 0 Å². The highest BCUT2D eigenvalue weighted by Crippen LogP contribution is 2.24. The number of aromatic hydroxyl groups is 1. The molecule has 0 saturated heterocycles. The van der Waals surface area contributed by atoms with Crippen LogP contribution in [-0.4, -0.2) is 11.7 Å². The fraction of sp³-hybridized carbons (Fsp3) is 0.455. The van der Waals surface area contributed by atoms with Crippen molar-refractivity contribution in [1.82, 2.24) is 5.48 Å². The molecule has 0 spiro atoms. The SMILES string of the molecule is CCONC(C)c1ccc(C)cc1O. The second-order valence-corrected chi connectivity index (χ2v) is 3.33. The molecule has 1 unspecified atom stereocenters. The van der Waals surface area contributed by atoms with Gasteiger partial charge in [-0.15, -0.1) is 0 Å². The van der Waals surface area contributed by atoms with E-state index in [2.05, 4.69) is 5.48 Å². The first kappa shape index (κ1) is 11.0. The molecule has 1 atom stereocenters. The molecular formula is C11H17NO2. The largest absolute Gasteiger partial charge is 0.508 e. The average molecular weight is 195 g/mol. The lowest BCUT2D eigenvalue weighted by Crippen LogP contribution is -2.18. The quantitative estimate of drug-likeness (QED) is 0.724. The summed E-state index contributed by atoms with van der Waals surface area (Å²) in [5, 5.41) is 9.67. The molecule has 0 aliphatic carbocycles. The third-order valence-electron chi connectivity index (χ3n) is 2.06. The lowest BCUT2D eigenvalue weighted by molar-refractivity contribution is 0.0279. The fourth-order valence-corrected chi connectivity index (χ4v) is 1.29. The Kier molecular flexibility index (Phi) is 3.92. The van der Waals surface area contributed by atoms with Crippen LogP contribution in [0.15, 0.2) is 18.2 Å². The first-order chi connectivity index (χ1) is 6.65. The maximum absolute atomic E-state index is 9.67. The molecular weight excluding hydrogens is 178 g/mol. The van der Waals surface area contributed by atoms with Gasteiger partial charge in [-0.2, -0.15) is 5.48 Å². The molecule has 3 nitrogen and oxygen atoms in total. The van der Waals surface area contributed by atoms with Gasteiger partial charge < -0.3 is 9.94 Å². The van der Waals surface area contributed by atoms with Crippen molar-refractivity contribution < 1.29 is 9.94 Å². The number of hydrogen-bond donors (Lipinski definition) is 2. The van der Waals surface area contributed by atoms with Crippen molar-refractivity contribution in [2.45, 2.75) is 26.8 Å². The van der Waals surface area contributed by atoms with Crippen molar-refractivity contribution in [1.29, 1.82) is 0 Å². The van der Waals surface area contributed by atoms with Crippen LogP contribution in [0.25, 0.3) is 0 Å². The third-order valence-corrected chi connectivity index (χ3v) is 2.06. The summed E-state index contributed by atoms with van der Waals surface area (Å²) in [5.41, 5.74) is 4.75. The van der Waals surface area contributed by atoms with E-state index in [1.165, 1.54) is 0 Å². The monoisotopic (exact) mass is 195 g/mol. The first-order valence-electron chi connectivity index (χ1n) is 4.82. The Labute approximate surface area is 84.7 Å². The smallest absolute Gasteiger partial charge is 0.120 e. The highest BCUT2D eigenvalue weighted by Gasteiger charge is 2.09. The standard InChI is InChI=1S/C11H17NO2/c1-4-14-12-9(3)10-6-5-8(2)7-11(10)13/h5-7,9,12-13H,4H2,1-3H3. The Morgan fingerprint density at radius 2 is 2.21 bits per heavy atom. The van der Waals surface area contributed by atoms with Gasteiger partial charge in [-0.25, -0.2) is 0 Å². The fourth-order valence-electron chi connectivity index (χ4n) is 1.29. The minimum absolute atomic E-state index is 0.00412. The van der Waals surface area contributed by atoms with Crippen LogP contribution in [0.3, 0.4) is 0 Å². The molecule has 0 aliphatic rings. The topological polar surface area (TPSA) is 41.5 Å². The van der Waals surface area contributed by atoms with Crippen molar-refractivity contribution in [3.63, 3.8) is 0 Å². The van der Waals surface area contributed by atoms with Crippen molar-refractivity contribution >= 4 is 0 Å². The zero-order valence-electron chi connectivity index (χ0n) is 8.87. The number of hydrogen-bond acceptors (Lipinski definition) is 3. The van der Waals surface area contributed by atoms with Crippen LogP contribution in [0.5, 0.6) is 5.75 Å². The summed E-state index contributed by atoms with van der Waals surface area (Å²) in [6.07, 6.45) is 0. The van der Waals surface area contributed by atoms with E-state index in [-0.39, 0.29) is 6.04 Å². The maximum atomic E-state index is 9.67. The minimum atomic E-state index is -0.00412. The Morgan fingerprint density at radius 3 is 2.79 bits per heavy atom. The van der Waals surface area contributed by atoms with E-state index >= 15 is 0 Å². The minimum Gasteiger partial charge on any atom is -0.508 e. The zero-order chi connectivity index (χ0) is 10.6. The van der Waals surface area contributed by atoms with Gasteiger partial charge in [0.05, 0.1) is 12.6 Å². The summed E-state index contributed by atoms with van der Waals surface area (Å²) in [7, 11) is 0. The van der Waals surface area contributed by atoms with Gasteiger partial charge in [-0.1, -0.05) is 12.1 Å². The molecule has 2 N–H and O–H groups in total. The maximum Gasteiger partial charge on any atom is 0.120 e. The van der Waals surface area contributed by atoms with E-state index in [1.54, 1.807) is 6.07 Å². The van der Waals surface area contributed by atoms with E-state index in [4.69, 9.17) is 4.84 Å². The number of phenolic OH excluding ortho intramolecular Hbond substituents is 1. The lowest BCUT2D eigenvalue weighted by Gasteiger charge is -2.14. The first-order valence-corrected chi connectivity index (χ1v) is 4.82. The molecule has 0 heterocycles. The van der Waals surface area contributed by atoms with Crippen LogP contribution in [0, 0.1) is 6.92 Å². The van der Waals surface area contributed by atoms with Gasteiger partial charge in [0.15, 0.2) is 0 Å². The second kappa shape index (κ2) is 4.98. The number of benzene rings is 1. The molecule has 1 aromatic rings. The normalized spacial score (nSPS) is 12.8. The van der Waals surface area contributed by atoms with Gasteiger partial charge in [0.1, 0.15) is 5.75 Å². The Morgan fingerprint density at radius 1 is 1.50 bits per heavy atom. The summed E-state index contributed by atoms with van der Waals surface area (Å²) in [6.45, 7) is 6.41. The highest BCUT2D eigenvalue weighted by atomic mass is 16.6. The molecule has 1 aromatic carbocycles. The van der Waals surface area contributed by atoms with E-state index in [0.717, 1.165) is 11.1 Å². The predicted molar refractivity (Wildman–Crippen MR) is 56.0 cm³/mol. The number of rotatable bonds is 4. The van der Waals surface area contributed by atoms with Gasteiger partial charge in [-0.05, 0) is 32.4 Å². The van der Waals surface area contributed by atoms with Crippen molar-refractivity contribution in [3.05, 3.63) is 29.3 Å². The number of phenols is 1. The van der Waals surface area contributed by atoms with E-state index in [9.17, 15) is 5.11 Å². The summed E-state index contributed by atoms with van der Waals surface area (Å²) in [5.74, 6) is 0.310. The van der Waals surface area contributed by atoms with Crippen molar-refractivity contribution in [2.75, 3.05) is 6.61 Å². The van der Waals surface area contributed by atoms with Gasteiger partial charge in [0, 0.05) is 5.56 Å². The van der Waals surface area contributed by atoms with Gasteiger partial charge in [0.25, 0.3) is 0 Å². The van der Waals surface area contributed by atoms with Crippen LogP contribution in [0.1, 0.15) is 31.0 Å². The molecule has 78 valence electrons. The van der Waals surface area contributed by atoms with Gasteiger partial charge in [0.2, 0.25) is 0 Å². The molecule has 3 heteroatoms. The summed E-state index contributed by atoms with van der Waals surface area (Å²) in [4.78, 5) is 5.07. The Balaban J connectivity index is 2.74. The molecule has 0 aliphatic heterocycles. The number of nitrogens with one attached hydrogen (secondary N) is 1. The molecule has 0 saturated carbocycles. The molecule has 0 aromatic heterocycles. The summed E-state index contributed by atoms with van der Waals surface area (Å²) < 4.78 is 0. The lowest BCUT2D eigenvalue weighted by atomic mass is 10.1. The third kappa shape index (κ3) is 2.72. The molecule has 0 amide bonds. The van der Waals surface area contributed by atoms with Crippen LogP contribution in [0.4, 0.5) is 0 Å². The Hall–Kier alpha value is -1.06. The van der Waals surface area contributed by atoms with Crippen molar-refractivity contribution in [3.8, 4) is 5.75 Å². The van der Waals surface area contributed by atoms with Crippen LogP contribution in [-0.2, 0) is 4.84 Å². The van der Waals surface area contributed by atoms with E-state index in [1.807, 2.05) is 32.9 Å². The van der Waals surface area contributed by atoms with E-state index in [0.29, 0.717) is 12.4 Å². The van der Waals surface area contributed by atoms with Gasteiger partial charge in [-0.3, -0.25) is 0 Å². The molecule has 0 radical (unpaired) electrons. The molecule has 0 bridgehead atoms. The molecule has 14 heavy (non-hydrogen) atoms. The number of aryl methyl sites for hydroxylation is 1. The van der Waals surface area contributed by atoms with Crippen LogP contribution < -0.4 is 5.48 Å².